The summed E-state index contributed by atoms with van der Waals surface area (Å²) in [5.74, 6) is -0.404. The minimum absolute atomic E-state index is 0.0235. The van der Waals surface area contributed by atoms with Crippen molar-refractivity contribution in [3.05, 3.63) is 59.3 Å². The Morgan fingerprint density at radius 1 is 1.24 bits per heavy atom. The first-order chi connectivity index (χ1) is 16.5. The number of aromatic amines is 1. The molecule has 5 nitrogen and oxygen atoms in total. The van der Waals surface area contributed by atoms with E-state index < -0.39 is 17.5 Å². The molecule has 5 rings (SSSR count). The molecule has 3 aromatic rings. The molecule has 1 unspecified atom stereocenters. The topological polar surface area (TPSA) is 53.2 Å². The van der Waals surface area contributed by atoms with Gasteiger partial charge in [0.25, 0.3) is 0 Å². The number of pyridine rings is 1. The molecule has 2 aromatic heterocycles. The summed E-state index contributed by atoms with van der Waals surface area (Å²) in [5, 5.41) is 4.18. The van der Waals surface area contributed by atoms with Crippen LogP contribution in [0.1, 0.15) is 49.2 Å². The van der Waals surface area contributed by atoms with Crippen molar-refractivity contribution in [2.75, 3.05) is 32.9 Å². The number of H-pyrrole nitrogens is 1. The van der Waals surface area contributed by atoms with Crippen molar-refractivity contribution >= 4 is 10.9 Å². The lowest BCUT2D eigenvalue weighted by Gasteiger charge is -2.41. The molecule has 0 saturated heterocycles. The van der Waals surface area contributed by atoms with E-state index >= 15 is 4.39 Å². The second-order valence-electron chi connectivity index (χ2n) is 9.49. The molecule has 0 amide bonds. The number of halogens is 3. The van der Waals surface area contributed by atoms with Gasteiger partial charge in [-0.05, 0) is 50.8 Å². The molecule has 1 aliphatic carbocycles. The second kappa shape index (κ2) is 9.58. The van der Waals surface area contributed by atoms with Crippen molar-refractivity contribution in [3.8, 4) is 5.75 Å². The molecule has 0 spiro atoms. The molecule has 1 saturated carbocycles. The smallest absolute Gasteiger partial charge is 0.188 e. The molecular weight excluding hydrogens is 441 g/mol. The van der Waals surface area contributed by atoms with Crippen molar-refractivity contribution in [1.29, 1.82) is 0 Å². The number of rotatable bonds is 10. The van der Waals surface area contributed by atoms with E-state index in [1.165, 1.54) is 6.07 Å². The van der Waals surface area contributed by atoms with Crippen LogP contribution in [0, 0.1) is 5.82 Å². The Bertz CT molecular complexity index is 1150. The normalized spacial score (nSPS) is 21.5. The van der Waals surface area contributed by atoms with Gasteiger partial charge < -0.3 is 15.0 Å². The van der Waals surface area contributed by atoms with E-state index in [-0.39, 0.29) is 37.3 Å². The number of benzene rings is 1. The number of hydrogen-bond acceptors (Lipinski definition) is 4. The van der Waals surface area contributed by atoms with Gasteiger partial charge in [-0.25, -0.2) is 8.78 Å². The van der Waals surface area contributed by atoms with E-state index in [4.69, 9.17) is 4.74 Å². The highest BCUT2D eigenvalue weighted by Crippen LogP contribution is 2.47. The zero-order chi connectivity index (χ0) is 23.7. The molecule has 1 aromatic carbocycles. The molecule has 182 valence electrons. The lowest BCUT2D eigenvalue weighted by atomic mass is 9.90. The SMILES string of the molecule is C[C@@H]1Cc2c([nH]c3ccccc23)C(c2nccc(OCCNCCCF)c2F)N1CC1(F)CC1. The number of para-hydroxylation sites is 1. The van der Waals surface area contributed by atoms with Gasteiger partial charge in [0.1, 0.15) is 18.0 Å². The van der Waals surface area contributed by atoms with Crippen molar-refractivity contribution in [2.24, 2.45) is 0 Å². The maximum atomic E-state index is 15.8. The Morgan fingerprint density at radius 3 is 2.85 bits per heavy atom. The molecule has 2 aliphatic rings. The predicted octanol–water partition coefficient (Wildman–Crippen LogP) is 4.87. The summed E-state index contributed by atoms with van der Waals surface area (Å²) >= 11 is 0. The van der Waals surface area contributed by atoms with Crippen LogP contribution in [0.5, 0.6) is 5.75 Å². The van der Waals surface area contributed by atoms with E-state index in [2.05, 4.69) is 33.2 Å². The van der Waals surface area contributed by atoms with Gasteiger partial charge in [0.2, 0.25) is 0 Å². The van der Waals surface area contributed by atoms with Crippen LogP contribution in [0.4, 0.5) is 13.2 Å². The highest BCUT2D eigenvalue weighted by Gasteiger charge is 2.49. The molecule has 1 aliphatic heterocycles. The number of nitrogens with zero attached hydrogens (tertiary/aromatic N) is 2. The number of ether oxygens (including phenoxy) is 1. The van der Waals surface area contributed by atoms with E-state index in [1.54, 1.807) is 6.20 Å². The summed E-state index contributed by atoms with van der Waals surface area (Å²) in [5.41, 5.74) is 2.02. The van der Waals surface area contributed by atoms with Crippen molar-refractivity contribution < 1.29 is 17.9 Å². The lowest BCUT2D eigenvalue weighted by Crippen LogP contribution is -2.46. The maximum absolute atomic E-state index is 15.8. The third kappa shape index (κ3) is 4.53. The first-order valence-corrected chi connectivity index (χ1v) is 12.1. The zero-order valence-electron chi connectivity index (χ0n) is 19.4. The number of nitrogens with one attached hydrogen (secondary N) is 2. The number of aromatic nitrogens is 2. The summed E-state index contributed by atoms with van der Waals surface area (Å²) in [7, 11) is 0. The molecule has 0 radical (unpaired) electrons. The number of hydrogen-bond donors (Lipinski definition) is 2. The highest BCUT2D eigenvalue weighted by molar-refractivity contribution is 5.85. The third-order valence-corrected chi connectivity index (χ3v) is 6.94. The Balaban J connectivity index is 1.48. The quantitative estimate of drug-likeness (QED) is 0.414. The Morgan fingerprint density at radius 2 is 2.06 bits per heavy atom. The van der Waals surface area contributed by atoms with Crippen LogP contribution in [-0.2, 0) is 6.42 Å². The van der Waals surface area contributed by atoms with Gasteiger partial charge in [-0.15, -0.1) is 0 Å². The van der Waals surface area contributed by atoms with Gasteiger partial charge in [-0.2, -0.15) is 0 Å². The van der Waals surface area contributed by atoms with Gasteiger partial charge in [-0.1, -0.05) is 18.2 Å². The lowest BCUT2D eigenvalue weighted by molar-refractivity contribution is 0.0929. The second-order valence-corrected chi connectivity index (χ2v) is 9.49. The number of fused-ring (bicyclic) bond motifs is 3. The molecular formula is C26H31F3N4O. The average Bonchev–Trinajstić information content (AvgIpc) is 3.45. The Hall–Kier alpha value is -2.58. The van der Waals surface area contributed by atoms with Gasteiger partial charge in [-0.3, -0.25) is 14.3 Å². The molecule has 2 atom stereocenters. The van der Waals surface area contributed by atoms with E-state index in [1.807, 2.05) is 18.2 Å². The van der Waals surface area contributed by atoms with Crippen molar-refractivity contribution in [3.63, 3.8) is 0 Å². The standard InChI is InChI=1S/C26H31F3N4O/c1-17-15-19-18-5-2-3-6-20(18)32-23(19)25(33(17)16-26(29)8-9-26)24-22(28)21(7-12-31-24)34-14-13-30-11-4-10-27/h2-3,5-7,12,17,25,30,32H,4,8-11,13-16H2,1H3/t17-,25?/m1/s1. The van der Waals surface area contributed by atoms with Crippen LogP contribution < -0.4 is 10.1 Å². The van der Waals surface area contributed by atoms with E-state index in [0.717, 1.165) is 28.6 Å². The van der Waals surface area contributed by atoms with Gasteiger partial charge in [0.05, 0.1) is 12.7 Å². The van der Waals surface area contributed by atoms with Crippen LogP contribution in [0.15, 0.2) is 36.5 Å². The van der Waals surface area contributed by atoms with Crippen LogP contribution >= 0.6 is 0 Å². The summed E-state index contributed by atoms with van der Waals surface area (Å²) in [6.45, 7) is 3.24. The summed E-state index contributed by atoms with van der Waals surface area (Å²) in [6, 6.07) is 9.05. The van der Waals surface area contributed by atoms with Crippen molar-refractivity contribution in [2.45, 2.75) is 50.4 Å². The molecule has 3 heterocycles. The monoisotopic (exact) mass is 472 g/mol. The van der Waals surface area contributed by atoms with Crippen LogP contribution in [0.25, 0.3) is 10.9 Å². The minimum atomic E-state index is -1.22. The minimum Gasteiger partial charge on any atom is -0.489 e. The first-order valence-electron chi connectivity index (χ1n) is 12.1. The molecule has 34 heavy (non-hydrogen) atoms. The number of alkyl halides is 2. The van der Waals surface area contributed by atoms with Crippen LogP contribution in [0.3, 0.4) is 0 Å². The van der Waals surface area contributed by atoms with Crippen molar-refractivity contribution in [1.82, 2.24) is 20.2 Å². The van der Waals surface area contributed by atoms with Crippen LogP contribution in [0.2, 0.25) is 0 Å². The molecule has 0 bridgehead atoms. The van der Waals surface area contributed by atoms with E-state index in [9.17, 15) is 8.78 Å². The fourth-order valence-corrected chi connectivity index (χ4v) is 4.96. The zero-order valence-corrected chi connectivity index (χ0v) is 19.4. The Kier molecular flexibility index (Phi) is 6.53. The molecule has 8 heteroatoms. The molecule has 2 N–H and O–H groups in total. The van der Waals surface area contributed by atoms with Crippen LogP contribution in [-0.4, -0.2) is 59.5 Å². The summed E-state index contributed by atoms with van der Waals surface area (Å²) in [4.78, 5) is 9.98. The average molecular weight is 473 g/mol. The van der Waals surface area contributed by atoms with Gasteiger partial charge in [0.15, 0.2) is 11.6 Å². The fourth-order valence-electron chi connectivity index (χ4n) is 4.96. The Labute approximate surface area is 197 Å². The summed E-state index contributed by atoms with van der Waals surface area (Å²) < 4.78 is 48.7. The van der Waals surface area contributed by atoms with E-state index in [0.29, 0.717) is 32.4 Å². The molecule has 1 fully saturated rings. The summed E-state index contributed by atoms with van der Waals surface area (Å²) in [6.07, 6.45) is 3.82. The maximum Gasteiger partial charge on any atom is 0.188 e. The highest BCUT2D eigenvalue weighted by atomic mass is 19.1. The largest absolute Gasteiger partial charge is 0.489 e. The van der Waals surface area contributed by atoms with Gasteiger partial charge in [0, 0.05) is 48.0 Å². The predicted molar refractivity (Wildman–Crippen MR) is 126 cm³/mol. The van der Waals surface area contributed by atoms with Gasteiger partial charge >= 0.3 is 0 Å². The third-order valence-electron chi connectivity index (χ3n) is 6.94. The fraction of sp³-hybridized carbons (Fsp3) is 0.500. The first kappa shape index (κ1) is 23.2.